The second kappa shape index (κ2) is 8.24. The maximum Gasteiger partial charge on any atom is 0.262 e. The monoisotopic (exact) mass is 419 g/mol. The van der Waals surface area contributed by atoms with E-state index in [0.717, 1.165) is 11.3 Å². The van der Waals surface area contributed by atoms with Gasteiger partial charge >= 0.3 is 0 Å². The number of benzene rings is 2. The van der Waals surface area contributed by atoms with Gasteiger partial charge in [-0.05, 0) is 62.7 Å². The summed E-state index contributed by atoms with van der Waals surface area (Å²) in [5.74, 6) is 0.629. The quantitative estimate of drug-likeness (QED) is 0.616. The van der Waals surface area contributed by atoms with E-state index in [9.17, 15) is 8.42 Å². The summed E-state index contributed by atoms with van der Waals surface area (Å²) in [5.41, 5.74) is 2.86. The van der Waals surface area contributed by atoms with Crippen molar-refractivity contribution in [1.29, 1.82) is 0 Å². The minimum atomic E-state index is -3.73. The Morgan fingerprint density at radius 3 is 2.32 bits per heavy atom. The van der Waals surface area contributed by atoms with Gasteiger partial charge in [-0.2, -0.15) is 5.10 Å². The zero-order chi connectivity index (χ0) is 20.3. The minimum Gasteiger partial charge on any atom is -0.494 e. The molecule has 0 bridgehead atoms. The van der Waals surface area contributed by atoms with Crippen molar-refractivity contribution >= 4 is 27.3 Å². The van der Waals surface area contributed by atoms with Crippen molar-refractivity contribution in [2.24, 2.45) is 0 Å². The van der Waals surface area contributed by atoms with Crippen LogP contribution in [-0.2, 0) is 16.6 Å². The van der Waals surface area contributed by atoms with Crippen LogP contribution in [0.4, 0.5) is 5.69 Å². The molecule has 28 heavy (non-hydrogen) atoms. The molecule has 3 aromatic rings. The first-order chi connectivity index (χ1) is 13.3. The Morgan fingerprint density at radius 2 is 1.71 bits per heavy atom. The molecule has 0 saturated heterocycles. The van der Waals surface area contributed by atoms with E-state index in [0.29, 0.717) is 35.3 Å². The normalized spacial score (nSPS) is 11.4. The second-order valence-corrected chi connectivity index (χ2v) is 8.46. The fraction of sp³-hybridized carbons (Fsp3) is 0.250. The lowest BCUT2D eigenvalue weighted by Crippen LogP contribution is -2.14. The van der Waals surface area contributed by atoms with Crippen LogP contribution >= 0.6 is 11.6 Å². The average molecular weight is 420 g/mol. The van der Waals surface area contributed by atoms with E-state index in [1.165, 1.54) is 12.1 Å². The van der Waals surface area contributed by atoms with Gasteiger partial charge in [0.25, 0.3) is 10.0 Å². The Hall–Kier alpha value is -2.51. The molecule has 148 valence electrons. The largest absolute Gasteiger partial charge is 0.494 e. The Kier molecular flexibility index (Phi) is 5.96. The van der Waals surface area contributed by atoms with Crippen molar-refractivity contribution in [1.82, 2.24) is 9.78 Å². The number of hydrogen-bond donors (Lipinski definition) is 1. The molecule has 2 aromatic carbocycles. The number of sulfonamides is 1. The van der Waals surface area contributed by atoms with Crippen molar-refractivity contribution < 1.29 is 13.2 Å². The van der Waals surface area contributed by atoms with Crippen LogP contribution < -0.4 is 9.46 Å². The van der Waals surface area contributed by atoms with Gasteiger partial charge in [0.05, 0.1) is 35.1 Å². The van der Waals surface area contributed by atoms with Gasteiger partial charge in [-0.3, -0.25) is 9.40 Å². The Balaban J connectivity index is 1.83. The molecule has 0 unspecified atom stereocenters. The van der Waals surface area contributed by atoms with Crippen molar-refractivity contribution in [3.05, 3.63) is 70.5 Å². The SMILES string of the molecule is CCOc1ccc(S(=O)(=O)Nc2c(C)nn(Cc3ccc(Cl)cc3)c2C)cc1. The van der Waals surface area contributed by atoms with Crippen LogP contribution in [0.25, 0.3) is 0 Å². The smallest absolute Gasteiger partial charge is 0.262 e. The van der Waals surface area contributed by atoms with Gasteiger partial charge in [0, 0.05) is 5.02 Å². The third-order valence-corrected chi connectivity index (χ3v) is 5.93. The summed E-state index contributed by atoms with van der Waals surface area (Å²) >= 11 is 5.93. The van der Waals surface area contributed by atoms with Gasteiger partial charge in [0.2, 0.25) is 0 Å². The molecule has 8 heteroatoms. The topological polar surface area (TPSA) is 73.2 Å². The zero-order valence-electron chi connectivity index (χ0n) is 15.9. The number of aromatic nitrogens is 2. The maximum atomic E-state index is 12.8. The van der Waals surface area contributed by atoms with Gasteiger partial charge in [-0.1, -0.05) is 23.7 Å². The lowest BCUT2D eigenvalue weighted by Gasteiger charge is -2.10. The number of aryl methyl sites for hydroxylation is 1. The second-order valence-electron chi connectivity index (χ2n) is 6.34. The lowest BCUT2D eigenvalue weighted by atomic mass is 10.2. The van der Waals surface area contributed by atoms with Gasteiger partial charge in [0.15, 0.2) is 0 Å². The zero-order valence-corrected chi connectivity index (χ0v) is 17.5. The van der Waals surface area contributed by atoms with E-state index in [1.54, 1.807) is 23.7 Å². The van der Waals surface area contributed by atoms with E-state index >= 15 is 0 Å². The van der Waals surface area contributed by atoms with E-state index in [2.05, 4.69) is 9.82 Å². The van der Waals surface area contributed by atoms with Gasteiger partial charge in [0.1, 0.15) is 5.75 Å². The molecular formula is C20H22ClN3O3S. The fourth-order valence-corrected chi connectivity index (χ4v) is 4.14. The first-order valence-corrected chi connectivity index (χ1v) is 10.7. The maximum absolute atomic E-state index is 12.8. The predicted molar refractivity (Wildman–Crippen MR) is 111 cm³/mol. The van der Waals surface area contributed by atoms with Crippen LogP contribution in [0.3, 0.4) is 0 Å². The number of nitrogens with one attached hydrogen (secondary N) is 1. The number of halogens is 1. The highest BCUT2D eigenvalue weighted by molar-refractivity contribution is 7.92. The summed E-state index contributed by atoms with van der Waals surface area (Å²) < 4.78 is 35.4. The molecule has 0 amide bonds. The van der Waals surface area contributed by atoms with Crippen LogP contribution in [0.1, 0.15) is 23.9 Å². The van der Waals surface area contributed by atoms with Crippen LogP contribution in [0.5, 0.6) is 5.75 Å². The first kappa shape index (κ1) is 20.2. The van der Waals surface area contributed by atoms with E-state index in [4.69, 9.17) is 16.3 Å². The first-order valence-electron chi connectivity index (χ1n) is 8.84. The number of ether oxygens (including phenoxy) is 1. The van der Waals surface area contributed by atoms with Crippen LogP contribution in [0.15, 0.2) is 53.4 Å². The summed E-state index contributed by atoms with van der Waals surface area (Å²) in [7, 11) is -3.73. The molecule has 1 heterocycles. The van der Waals surface area contributed by atoms with E-state index in [-0.39, 0.29) is 4.90 Å². The van der Waals surface area contributed by atoms with Crippen molar-refractivity contribution in [2.45, 2.75) is 32.2 Å². The van der Waals surface area contributed by atoms with Crippen LogP contribution in [0, 0.1) is 13.8 Å². The molecule has 0 aliphatic carbocycles. The average Bonchev–Trinajstić information content (AvgIpc) is 2.91. The van der Waals surface area contributed by atoms with E-state index in [1.807, 2.05) is 38.1 Å². The molecule has 0 aliphatic rings. The number of anilines is 1. The number of rotatable bonds is 7. The summed E-state index contributed by atoms with van der Waals surface area (Å²) in [5, 5.41) is 5.15. The summed E-state index contributed by atoms with van der Waals surface area (Å²) in [6, 6.07) is 13.8. The third kappa shape index (κ3) is 4.48. The Labute approximate surface area is 170 Å². The van der Waals surface area contributed by atoms with E-state index < -0.39 is 10.0 Å². The molecule has 3 rings (SSSR count). The third-order valence-electron chi connectivity index (χ3n) is 4.31. The fourth-order valence-electron chi connectivity index (χ4n) is 2.84. The molecule has 6 nitrogen and oxygen atoms in total. The van der Waals surface area contributed by atoms with Gasteiger partial charge in [-0.15, -0.1) is 0 Å². The molecule has 0 saturated carbocycles. The predicted octanol–water partition coefficient (Wildman–Crippen LogP) is 4.40. The summed E-state index contributed by atoms with van der Waals surface area (Å²) in [6.45, 7) is 6.54. The van der Waals surface area contributed by atoms with Gasteiger partial charge in [-0.25, -0.2) is 8.42 Å². The van der Waals surface area contributed by atoms with Crippen molar-refractivity contribution in [3.8, 4) is 5.75 Å². The number of hydrogen-bond acceptors (Lipinski definition) is 4. The minimum absolute atomic E-state index is 0.167. The summed E-state index contributed by atoms with van der Waals surface area (Å²) in [6.07, 6.45) is 0. The van der Waals surface area contributed by atoms with Crippen LogP contribution in [0.2, 0.25) is 5.02 Å². The highest BCUT2D eigenvalue weighted by Gasteiger charge is 2.20. The van der Waals surface area contributed by atoms with Gasteiger partial charge < -0.3 is 4.74 Å². The lowest BCUT2D eigenvalue weighted by molar-refractivity contribution is 0.340. The molecule has 0 spiro atoms. The van der Waals surface area contributed by atoms with Crippen molar-refractivity contribution in [3.63, 3.8) is 0 Å². The molecule has 0 fully saturated rings. The van der Waals surface area contributed by atoms with Crippen molar-refractivity contribution in [2.75, 3.05) is 11.3 Å². The number of nitrogens with zero attached hydrogens (tertiary/aromatic N) is 2. The van der Waals surface area contributed by atoms with Crippen LogP contribution in [-0.4, -0.2) is 24.8 Å². The molecule has 1 aromatic heterocycles. The molecular weight excluding hydrogens is 398 g/mol. The molecule has 0 aliphatic heterocycles. The summed E-state index contributed by atoms with van der Waals surface area (Å²) in [4.78, 5) is 0.167. The molecule has 0 radical (unpaired) electrons. The molecule has 1 N–H and O–H groups in total. The Morgan fingerprint density at radius 1 is 1.07 bits per heavy atom. The molecule has 0 atom stereocenters. The standard InChI is InChI=1S/C20H22ClN3O3S/c1-4-27-18-9-11-19(12-10-18)28(25,26)23-20-14(2)22-24(15(20)3)13-16-5-7-17(21)8-6-16/h5-12,23H,4,13H2,1-3H3. The highest BCUT2D eigenvalue weighted by atomic mass is 35.5. The Bertz CT molecular complexity index is 1060. The highest BCUT2D eigenvalue weighted by Crippen LogP contribution is 2.25.